The summed E-state index contributed by atoms with van der Waals surface area (Å²) < 4.78 is 0. The number of hydrogen-bond donors (Lipinski definition) is 0. The topological polar surface area (TPSA) is 43.9 Å². The third kappa shape index (κ3) is 6.28. The molecule has 1 aliphatic carbocycles. The molecule has 0 atom stereocenters. The Labute approximate surface area is 152 Å². The van der Waals surface area contributed by atoms with Crippen LogP contribution in [0.1, 0.15) is 64.2 Å². The molecule has 3 fully saturated rings. The number of carbonyl (C=O) groups is 2. The summed E-state index contributed by atoms with van der Waals surface area (Å²) in [6.07, 6.45) is 10.4. The van der Waals surface area contributed by atoms with Crippen molar-refractivity contribution in [3.05, 3.63) is 0 Å². The molecule has 0 aromatic rings. The van der Waals surface area contributed by atoms with Gasteiger partial charge < -0.3 is 14.7 Å². The summed E-state index contributed by atoms with van der Waals surface area (Å²) in [4.78, 5) is 31.4. The molecule has 3 rings (SSSR count). The Morgan fingerprint density at radius 3 is 1.92 bits per heavy atom. The van der Waals surface area contributed by atoms with Gasteiger partial charge in [-0.1, -0.05) is 12.8 Å². The van der Waals surface area contributed by atoms with Crippen molar-refractivity contribution in [3.8, 4) is 0 Å². The second-order valence-corrected chi connectivity index (χ2v) is 8.13. The molecule has 0 spiro atoms. The van der Waals surface area contributed by atoms with Gasteiger partial charge in [-0.3, -0.25) is 9.59 Å². The van der Waals surface area contributed by atoms with Crippen LogP contribution in [0.3, 0.4) is 0 Å². The quantitative estimate of drug-likeness (QED) is 0.740. The number of amides is 2. The van der Waals surface area contributed by atoms with E-state index >= 15 is 0 Å². The van der Waals surface area contributed by atoms with E-state index in [9.17, 15) is 9.59 Å². The average molecular weight is 350 g/mol. The molecule has 2 amide bonds. The molecule has 142 valence electrons. The van der Waals surface area contributed by atoms with Crippen molar-refractivity contribution in [1.82, 2.24) is 14.7 Å². The molecule has 0 unspecified atom stereocenters. The summed E-state index contributed by atoms with van der Waals surface area (Å²) in [5.74, 6) is 1.42. The van der Waals surface area contributed by atoms with Gasteiger partial charge in [-0.15, -0.1) is 0 Å². The number of nitrogens with zero attached hydrogens (tertiary/aromatic N) is 3. The predicted octanol–water partition coefficient (Wildman–Crippen LogP) is 2.50. The maximum absolute atomic E-state index is 12.5. The van der Waals surface area contributed by atoms with E-state index in [0.717, 1.165) is 64.4 Å². The lowest BCUT2D eigenvalue weighted by Crippen LogP contribution is -2.36. The Balaban J connectivity index is 1.33. The first-order valence-corrected chi connectivity index (χ1v) is 10.5. The molecule has 0 bridgehead atoms. The molecule has 25 heavy (non-hydrogen) atoms. The molecule has 5 nitrogen and oxygen atoms in total. The van der Waals surface area contributed by atoms with E-state index in [1.54, 1.807) is 0 Å². The van der Waals surface area contributed by atoms with E-state index in [0.29, 0.717) is 19.3 Å². The van der Waals surface area contributed by atoms with Crippen LogP contribution in [0.5, 0.6) is 0 Å². The van der Waals surface area contributed by atoms with Crippen molar-refractivity contribution in [1.29, 1.82) is 0 Å². The van der Waals surface area contributed by atoms with E-state index in [4.69, 9.17) is 0 Å². The normalized spacial score (nSPS) is 23.2. The maximum Gasteiger partial charge on any atom is 0.222 e. The zero-order valence-electron chi connectivity index (χ0n) is 15.8. The van der Waals surface area contributed by atoms with Gasteiger partial charge in [0.2, 0.25) is 11.8 Å². The highest BCUT2D eigenvalue weighted by molar-refractivity contribution is 5.79. The maximum atomic E-state index is 12.5. The largest absolute Gasteiger partial charge is 0.343 e. The third-order valence-electron chi connectivity index (χ3n) is 5.89. The molecular formula is C20H35N3O2. The second-order valence-electron chi connectivity index (χ2n) is 8.13. The molecule has 5 heteroatoms. The van der Waals surface area contributed by atoms with Crippen LogP contribution in [-0.4, -0.2) is 72.3 Å². The zero-order valence-corrected chi connectivity index (χ0v) is 15.8. The van der Waals surface area contributed by atoms with E-state index in [2.05, 4.69) is 4.90 Å². The highest BCUT2D eigenvalue weighted by atomic mass is 16.2. The lowest BCUT2D eigenvalue weighted by molar-refractivity contribution is -0.132. The smallest absolute Gasteiger partial charge is 0.222 e. The fourth-order valence-electron chi connectivity index (χ4n) is 4.10. The van der Waals surface area contributed by atoms with Gasteiger partial charge >= 0.3 is 0 Å². The predicted molar refractivity (Wildman–Crippen MR) is 99.3 cm³/mol. The van der Waals surface area contributed by atoms with Gasteiger partial charge in [0.05, 0.1) is 0 Å². The van der Waals surface area contributed by atoms with Crippen LogP contribution >= 0.6 is 0 Å². The van der Waals surface area contributed by atoms with Crippen molar-refractivity contribution in [3.63, 3.8) is 0 Å². The van der Waals surface area contributed by atoms with Crippen molar-refractivity contribution < 1.29 is 9.59 Å². The molecule has 1 saturated carbocycles. The molecule has 0 N–H and O–H groups in total. The number of rotatable bonds is 6. The Hall–Kier alpha value is -1.10. The number of carbonyl (C=O) groups excluding carboxylic acids is 2. The third-order valence-corrected chi connectivity index (χ3v) is 5.89. The lowest BCUT2D eigenvalue weighted by atomic mass is 10.2. The zero-order chi connectivity index (χ0) is 17.5. The van der Waals surface area contributed by atoms with Crippen LogP contribution in [0.15, 0.2) is 0 Å². The van der Waals surface area contributed by atoms with Crippen LogP contribution in [0.2, 0.25) is 0 Å². The summed E-state index contributed by atoms with van der Waals surface area (Å²) in [6.45, 7) is 6.96. The summed E-state index contributed by atoms with van der Waals surface area (Å²) >= 11 is 0. The van der Waals surface area contributed by atoms with Crippen LogP contribution < -0.4 is 0 Å². The SMILES string of the molecule is O=C(CCCC(=O)N1CCCN(CC2CC2)CC1)N1CCCCCC1. The van der Waals surface area contributed by atoms with Crippen LogP contribution in [0, 0.1) is 5.92 Å². The number of likely N-dealkylation sites (tertiary alicyclic amines) is 1. The highest BCUT2D eigenvalue weighted by Gasteiger charge is 2.26. The lowest BCUT2D eigenvalue weighted by Gasteiger charge is -2.23. The van der Waals surface area contributed by atoms with Crippen molar-refractivity contribution >= 4 is 11.8 Å². The van der Waals surface area contributed by atoms with Gasteiger partial charge in [-0.2, -0.15) is 0 Å². The molecule has 2 saturated heterocycles. The molecule has 0 aromatic heterocycles. The van der Waals surface area contributed by atoms with Gasteiger partial charge in [0, 0.05) is 52.1 Å². The van der Waals surface area contributed by atoms with E-state index in [1.807, 2.05) is 9.80 Å². The van der Waals surface area contributed by atoms with Crippen molar-refractivity contribution in [2.45, 2.75) is 64.2 Å². The highest BCUT2D eigenvalue weighted by Crippen LogP contribution is 2.29. The van der Waals surface area contributed by atoms with Gasteiger partial charge in [-0.05, 0) is 51.0 Å². The molecule has 0 radical (unpaired) electrons. The molecule has 2 aliphatic heterocycles. The Kier molecular flexibility index (Phi) is 7.14. The summed E-state index contributed by atoms with van der Waals surface area (Å²) in [7, 11) is 0. The van der Waals surface area contributed by atoms with Crippen LogP contribution in [0.4, 0.5) is 0 Å². The van der Waals surface area contributed by atoms with Crippen molar-refractivity contribution in [2.24, 2.45) is 5.92 Å². The molecular weight excluding hydrogens is 314 g/mol. The van der Waals surface area contributed by atoms with Crippen LogP contribution in [-0.2, 0) is 9.59 Å². The molecule has 0 aromatic carbocycles. The summed E-state index contributed by atoms with van der Waals surface area (Å²) in [6, 6.07) is 0. The standard InChI is InChI=1S/C20H35N3O2/c24-19(22-12-3-1-2-4-13-22)7-5-8-20(25)23-14-6-11-21(15-16-23)17-18-9-10-18/h18H,1-17H2. The first kappa shape index (κ1) is 18.7. The van der Waals surface area contributed by atoms with E-state index in [-0.39, 0.29) is 11.8 Å². The first-order chi connectivity index (χ1) is 12.2. The molecule has 2 heterocycles. The monoisotopic (exact) mass is 349 g/mol. The minimum atomic E-state index is 0.247. The first-order valence-electron chi connectivity index (χ1n) is 10.5. The molecule has 3 aliphatic rings. The fourth-order valence-corrected chi connectivity index (χ4v) is 4.10. The Bertz CT molecular complexity index is 442. The average Bonchev–Trinajstić information content (AvgIpc) is 3.44. The summed E-state index contributed by atoms with van der Waals surface area (Å²) in [5.41, 5.74) is 0. The summed E-state index contributed by atoms with van der Waals surface area (Å²) in [5, 5.41) is 0. The minimum Gasteiger partial charge on any atom is -0.343 e. The number of hydrogen-bond acceptors (Lipinski definition) is 3. The van der Waals surface area contributed by atoms with Gasteiger partial charge in [0.25, 0.3) is 0 Å². The Morgan fingerprint density at radius 1 is 0.680 bits per heavy atom. The Morgan fingerprint density at radius 2 is 1.28 bits per heavy atom. The van der Waals surface area contributed by atoms with E-state index < -0.39 is 0 Å². The minimum absolute atomic E-state index is 0.247. The van der Waals surface area contributed by atoms with Gasteiger partial charge in [0.15, 0.2) is 0 Å². The van der Waals surface area contributed by atoms with E-state index in [1.165, 1.54) is 32.2 Å². The van der Waals surface area contributed by atoms with Crippen molar-refractivity contribution in [2.75, 3.05) is 45.8 Å². The van der Waals surface area contributed by atoms with Gasteiger partial charge in [-0.25, -0.2) is 0 Å². The van der Waals surface area contributed by atoms with Crippen LogP contribution in [0.25, 0.3) is 0 Å². The fraction of sp³-hybridized carbons (Fsp3) is 0.900. The second kappa shape index (κ2) is 9.56. The van der Waals surface area contributed by atoms with Gasteiger partial charge in [0.1, 0.15) is 0 Å².